The van der Waals surface area contributed by atoms with Gasteiger partial charge in [0.15, 0.2) is 0 Å². The second-order valence-electron chi connectivity index (χ2n) is 7.30. The van der Waals surface area contributed by atoms with E-state index in [1.54, 1.807) is 0 Å². The Morgan fingerprint density at radius 1 is 1.28 bits per heavy atom. The van der Waals surface area contributed by atoms with Crippen molar-refractivity contribution >= 4 is 17.5 Å². The van der Waals surface area contributed by atoms with Gasteiger partial charge < -0.3 is 15.0 Å². The second kappa shape index (κ2) is 9.00. The molecule has 0 bridgehead atoms. The molecule has 1 saturated heterocycles. The van der Waals surface area contributed by atoms with Gasteiger partial charge in [-0.3, -0.25) is 14.4 Å². The molecular formula is C21H26N4O4. The molecule has 1 atom stereocenters. The van der Waals surface area contributed by atoms with E-state index in [0.29, 0.717) is 13.2 Å². The lowest BCUT2D eigenvalue weighted by Gasteiger charge is -2.25. The van der Waals surface area contributed by atoms with Crippen LogP contribution in [-0.4, -0.2) is 52.3 Å². The molecule has 0 aliphatic carbocycles. The van der Waals surface area contributed by atoms with Crippen LogP contribution in [-0.2, 0) is 16.6 Å². The number of amides is 2. The highest BCUT2D eigenvalue weighted by Gasteiger charge is 2.26. The summed E-state index contributed by atoms with van der Waals surface area (Å²) in [6, 6.07) is 8.36. The van der Waals surface area contributed by atoms with Gasteiger partial charge in [0.1, 0.15) is 12.2 Å². The number of benzene rings is 1. The Morgan fingerprint density at radius 3 is 2.76 bits per heavy atom. The zero-order valence-electron chi connectivity index (χ0n) is 17.0. The van der Waals surface area contributed by atoms with Crippen LogP contribution in [0.3, 0.4) is 0 Å². The number of hydrogen-bond acceptors (Lipinski definition) is 5. The maximum atomic E-state index is 13.0. The third-order valence-corrected chi connectivity index (χ3v) is 5.13. The van der Waals surface area contributed by atoms with E-state index >= 15 is 0 Å². The molecule has 29 heavy (non-hydrogen) atoms. The highest BCUT2D eigenvalue weighted by Crippen LogP contribution is 2.18. The fourth-order valence-electron chi connectivity index (χ4n) is 3.28. The molecule has 1 N–H and O–H groups in total. The average Bonchev–Trinajstić information content (AvgIpc) is 3.19. The first-order chi connectivity index (χ1) is 13.8. The number of hydrogen-bond donors (Lipinski definition) is 1. The number of carbonyl (C=O) groups is 2. The molecule has 2 amide bonds. The zero-order chi connectivity index (χ0) is 21.0. The van der Waals surface area contributed by atoms with Crippen molar-refractivity contribution in [2.24, 2.45) is 7.05 Å². The first kappa shape index (κ1) is 20.7. The Hall–Kier alpha value is -3.00. The predicted molar refractivity (Wildman–Crippen MR) is 109 cm³/mol. The summed E-state index contributed by atoms with van der Waals surface area (Å²) in [6.45, 7) is 4.73. The molecule has 0 saturated carbocycles. The Kier molecular flexibility index (Phi) is 6.43. The molecule has 154 valence electrons. The third kappa shape index (κ3) is 5.08. The van der Waals surface area contributed by atoms with Crippen molar-refractivity contribution in [3.63, 3.8) is 0 Å². The Morgan fingerprint density at radius 2 is 2.07 bits per heavy atom. The van der Waals surface area contributed by atoms with E-state index in [0.717, 1.165) is 34.3 Å². The number of aromatic nitrogens is 2. The van der Waals surface area contributed by atoms with Crippen molar-refractivity contribution in [1.82, 2.24) is 14.7 Å². The summed E-state index contributed by atoms with van der Waals surface area (Å²) in [7, 11) is 1.48. The molecule has 0 radical (unpaired) electrons. The van der Waals surface area contributed by atoms with Crippen LogP contribution in [0.2, 0.25) is 0 Å². The lowest BCUT2D eigenvalue weighted by atomic mass is 10.1. The maximum Gasteiger partial charge on any atom is 0.274 e. The summed E-state index contributed by atoms with van der Waals surface area (Å²) in [5.74, 6) is -0.706. The van der Waals surface area contributed by atoms with Gasteiger partial charge in [0, 0.05) is 32.0 Å². The molecular weight excluding hydrogens is 372 g/mol. The molecule has 2 aromatic rings. The van der Waals surface area contributed by atoms with Gasteiger partial charge in [-0.1, -0.05) is 12.1 Å². The van der Waals surface area contributed by atoms with Crippen molar-refractivity contribution in [2.45, 2.75) is 32.8 Å². The fraction of sp³-hybridized carbons (Fsp3) is 0.429. The molecule has 0 spiro atoms. The first-order valence-corrected chi connectivity index (χ1v) is 9.66. The maximum absolute atomic E-state index is 13.0. The molecule has 1 aromatic heterocycles. The molecule has 3 rings (SSSR count). The number of carbonyl (C=O) groups excluding carboxylic acids is 2. The van der Waals surface area contributed by atoms with Crippen molar-refractivity contribution in [2.75, 3.05) is 25.0 Å². The minimum Gasteiger partial charge on any atom is -0.376 e. The fourth-order valence-corrected chi connectivity index (χ4v) is 3.28. The quantitative estimate of drug-likeness (QED) is 0.799. The van der Waals surface area contributed by atoms with Crippen LogP contribution in [0, 0.1) is 13.8 Å². The van der Waals surface area contributed by atoms with Crippen molar-refractivity contribution < 1.29 is 14.3 Å². The standard InChI is InChI=1S/C21H26N4O4/c1-14-6-4-8-17(15(14)2)22-19(26)13-25(12-16-7-5-11-29-16)21(28)18-9-10-20(27)24(3)23-18/h4,6,8-10,16H,5,7,11-13H2,1-3H3,(H,22,26). The zero-order valence-corrected chi connectivity index (χ0v) is 17.0. The number of rotatable bonds is 6. The van der Waals surface area contributed by atoms with E-state index in [1.807, 2.05) is 32.0 Å². The summed E-state index contributed by atoms with van der Waals surface area (Å²) in [5, 5.41) is 6.91. The van der Waals surface area contributed by atoms with Crippen LogP contribution in [0.15, 0.2) is 35.1 Å². The number of nitrogens with zero attached hydrogens (tertiary/aromatic N) is 3. The van der Waals surface area contributed by atoms with E-state index < -0.39 is 5.91 Å². The summed E-state index contributed by atoms with van der Waals surface area (Å²) in [6.07, 6.45) is 1.66. The number of ether oxygens (including phenoxy) is 1. The van der Waals surface area contributed by atoms with Gasteiger partial charge in [-0.2, -0.15) is 5.10 Å². The average molecular weight is 398 g/mol. The smallest absolute Gasteiger partial charge is 0.274 e. The molecule has 1 fully saturated rings. The van der Waals surface area contributed by atoms with Crippen LogP contribution < -0.4 is 10.9 Å². The second-order valence-corrected chi connectivity index (χ2v) is 7.30. The van der Waals surface area contributed by atoms with Crippen molar-refractivity contribution in [1.29, 1.82) is 0 Å². The van der Waals surface area contributed by atoms with Crippen LogP contribution in [0.25, 0.3) is 0 Å². The summed E-state index contributed by atoms with van der Waals surface area (Å²) in [5.41, 5.74) is 2.59. The molecule has 8 nitrogen and oxygen atoms in total. The van der Waals surface area contributed by atoms with Crippen molar-refractivity contribution in [3.8, 4) is 0 Å². The van der Waals surface area contributed by atoms with Gasteiger partial charge in [-0.05, 0) is 49.9 Å². The van der Waals surface area contributed by atoms with Crippen LogP contribution in [0.4, 0.5) is 5.69 Å². The van der Waals surface area contributed by atoms with Crippen LogP contribution >= 0.6 is 0 Å². The monoisotopic (exact) mass is 398 g/mol. The SMILES string of the molecule is Cc1cccc(NC(=O)CN(CC2CCCO2)C(=O)c2ccc(=O)n(C)n2)c1C. The van der Waals surface area contributed by atoms with E-state index in [-0.39, 0.29) is 29.8 Å². The molecule has 1 aliphatic rings. The Balaban J connectivity index is 1.77. The Labute approximate surface area is 169 Å². The van der Waals surface area contributed by atoms with Crippen molar-refractivity contribution in [3.05, 3.63) is 57.5 Å². The van der Waals surface area contributed by atoms with E-state index in [1.165, 1.54) is 24.1 Å². The van der Waals surface area contributed by atoms with Gasteiger partial charge in [0.05, 0.1) is 6.10 Å². The number of aryl methyl sites for hydroxylation is 2. The minimum absolute atomic E-state index is 0.111. The minimum atomic E-state index is -0.410. The summed E-state index contributed by atoms with van der Waals surface area (Å²) < 4.78 is 6.75. The van der Waals surface area contributed by atoms with E-state index in [9.17, 15) is 14.4 Å². The molecule has 1 aromatic carbocycles. The molecule has 1 aliphatic heterocycles. The lowest BCUT2D eigenvalue weighted by Crippen LogP contribution is -2.43. The van der Waals surface area contributed by atoms with Crippen LogP contribution in [0.1, 0.15) is 34.5 Å². The normalized spacial score (nSPS) is 15.9. The van der Waals surface area contributed by atoms with Gasteiger partial charge in [-0.25, -0.2) is 4.68 Å². The van der Waals surface area contributed by atoms with Crippen LogP contribution in [0.5, 0.6) is 0 Å². The molecule has 1 unspecified atom stereocenters. The van der Waals surface area contributed by atoms with Gasteiger partial charge in [0.2, 0.25) is 5.91 Å². The van der Waals surface area contributed by atoms with Gasteiger partial charge >= 0.3 is 0 Å². The Bertz CT molecular complexity index is 963. The topological polar surface area (TPSA) is 93.5 Å². The largest absolute Gasteiger partial charge is 0.376 e. The van der Waals surface area contributed by atoms with Gasteiger partial charge in [-0.15, -0.1) is 0 Å². The lowest BCUT2D eigenvalue weighted by molar-refractivity contribution is -0.117. The highest BCUT2D eigenvalue weighted by molar-refractivity contribution is 5.98. The van der Waals surface area contributed by atoms with E-state index in [4.69, 9.17) is 4.74 Å². The molecule has 8 heteroatoms. The highest BCUT2D eigenvalue weighted by atomic mass is 16.5. The first-order valence-electron chi connectivity index (χ1n) is 9.66. The third-order valence-electron chi connectivity index (χ3n) is 5.13. The molecule has 2 heterocycles. The van der Waals surface area contributed by atoms with E-state index in [2.05, 4.69) is 10.4 Å². The van der Waals surface area contributed by atoms with Gasteiger partial charge in [0.25, 0.3) is 11.5 Å². The summed E-state index contributed by atoms with van der Waals surface area (Å²) in [4.78, 5) is 38.7. The summed E-state index contributed by atoms with van der Waals surface area (Å²) >= 11 is 0. The predicted octanol–water partition coefficient (Wildman–Crippen LogP) is 1.66. The number of anilines is 1. The number of nitrogens with one attached hydrogen (secondary N) is 1.